The van der Waals surface area contributed by atoms with Gasteiger partial charge in [0.15, 0.2) is 0 Å². The molecule has 4 heteroatoms. The standard InChI is InChI=1S/C16H30N4/c1-6-9-10-12-20(5)16-13(4)15(17-11-7-2)18-14(8-3)19-16/h6-12H2,1-5H3,(H,17,18,19). The summed E-state index contributed by atoms with van der Waals surface area (Å²) >= 11 is 0. The first-order chi connectivity index (χ1) is 9.63. The fourth-order valence-electron chi connectivity index (χ4n) is 2.20. The second kappa shape index (κ2) is 8.77. The third-order valence-electron chi connectivity index (χ3n) is 3.48. The lowest BCUT2D eigenvalue weighted by Gasteiger charge is -2.22. The van der Waals surface area contributed by atoms with Gasteiger partial charge in [-0.15, -0.1) is 0 Å². The quantitative estimate of drug-likeness (QED) is 0.698. The summed E-state index contributed by atoms with van der Waals surface area (Å²) in [5.74, 6) is 2.99. The van der Waals surface area contributed by atoms with Gasteiger partial charge in [0.1, 0.15) is 17.5 Å². The Morgan fingerprint density at radius 2 is 1.80 bits per heavy atom. The third kappa shape index (κ3) is 4.66. The highest BCUT2D eigenvalue weighted by atomic mass is 15.2. The van der Waals surface area contributed by atoms with Gasteiger partial charge in [-0.05, 0) is 19.8 Å². The van der Waals surface area contributed by atoms with Crippen LogP contribution in [0.25, 0.3) is 0 Å². The molecule has 20 heavy (non-hydrogen) atoms. The Kier molecular flexibility index (Phi) is 7.34. The first kappa shape index (κ1) is 16.7. The molecule has 0 saturated heterocycles. The Labute approximate surface area is 124 Å². The summed E-state index contributed by atoms with van der Waals surface area (Å²) in [5.41, 5.74) is 1.16. The SMILES string of the molecule is CCCCCN(C)c1nc(CC)nc(NCCC)c1C. The van der Waals surface area contributed by atoms with E-state index in [2.05, 4.69) is 49.9 Å². The fourth-order valence-corrected chi connectivity index (χ4v) is 2.20. The number of aryl methyl sites for hydroxylation is 1. The van der Waals surface area contributed by atoms with Gasteiger partial charge in [-0.25, -0.2) is 9.97 Å². The first-order valence-corrected chi connectivity index (χ1v) is 7.96. The Balaban J connectivity index is 2.92. The molecule has 0 bridgehead atoms. The van der Waals surface area contributed by atoms with Crippen LogP contribution in [-0.4, -0.2) is 30.1 Å². The van der Waals surface area contributed by atoms with Crippen molar-refractivity contribution in [2.45, 2.75) is 59.8 Å². The molecular formula is C16H30N4. The molecule has 1 rings (SSSR count). The minimum absolute atomic E-state index is 0.872. The van der Waals surface area contributed by atoms with E-state index in [0.717, 1.165) is 49.0 Å². The van der Waals surface area contributed by atoms with Crippen molar-refractivity contribution < 1.29 is 0 Å². The fraction of sp³-hybridized carbons (Fsp3) is 0.750. The van der Waals surface area contributed by atoms with Crippen LogP contribution in [0.3, 0.4) is 0 Å². The lowest BCUT2D eigenvalue weighted by atomic mass is 10.2. The molecular weight excluding hydrogens is 248 g/mol. The van der Waals surface area contributed by atoms with E-state index in [1.165, 1.54) is 19.3 Å². The van der Waals surface area contributed by atoms with Gasteiger partial charge in [0.2, 0.25) is 0 Å². The molecule has 0 aliphatic rings. The van der Waals surface area contributed by atoms with Crippen LogP contribution in [0, 0.1) is 6.92 Å². The van der Waals surface area contributed by atoms with Crippen molar-refractivity contribution in [1.82, 2.24) is 9.97 Å². The molecule has 114 valence electrons. The van der Waals surface area contributed by atoms with Crippen LogP contribution in [0.2, 0.25) is 0 Å². The third-order valence-corrected chi connectivity index (χ3v) is 3.48. The van der Waals surface area contributed by atoms with E-state index in [4.69, 9.17) is 4.98 Å². The summed E-state index contributed by atoms with van der Waals surface area (Å²) in [4.78, 5) is 11.6. The summed E-state index contributed by atoms with van der Waals surface area (Å²) in [6, 6.07) is 0. The van der Waals surface area contributed by atoms with Crippen molar-refractivity contribution in [2.24, 2.45) is 0 Å². The molecule has 0 atom stereocenters. The van der Waals surface area contributed by atoms with E-state index in [9.17, 15) is 0 Å². The first-order valence-electron chi connectivity index (χ1n) is 7.96. The van der Waals surface area contributed by atoms with Crippen LogP contribution in [-0.2, 0) is 6.42 Å². The summed E-state index contributed by atoms with van der Waals surface area (Å²) in [5, 5.41) is 3.42. The Hall–Kier alpha value is -1.32. The molecule has 0 aliphatic carbocycles. The number of nitrogens with zero attached hydrogens (tertiary/aromatic N) is 3. The highest BCUT2D eigenvalue weighted by Gasteiger charge is 2.13. The van der Waals surface area contributed by atoms with Crippen molar-refractivity contribution in [1.29, 1.82) is 0 Å². The molecule has 0 fully saturated rings. The molecule has 0 amide bonds. The van der Waals surface area contributed by atoms with Crippen molar-refractivity contribution in [3.63, 3.8) is 0 Å². The molecule has 0 saturated carbocycles. The second-order valence-corrected chi connectivity index (χ2v) is 5.35. The zero-order valence-corrected chi connectivity index (χ0v) is 13.8. The van der Waals surface area contributed by atoms with Gasteiger partial charge in [0, 0.05) is 32.1 Å². The van der Waals surface area contributed by atoms with Crippen LogP contribution >= 0.6 is 0 Å². The molecule has 0 unspecified atom stereocenters. The van der Waals surface area contributed by atoms with Gasteiger partial charge in [-0.2, -0.15) is 0 Å². The molecule has 1 N–H and O–H groups in total. The molecule has 1 aromatic heterocycles. The van der Waals surface area contributed by atoms with Gasteiger partial charge >= 0.3 is 0 Å². The Morgan fingerprint density at radius 1 is 1.05 bits per heavy atom. The van der Waals surface area contributed by atoms with Crippen LogP contribution in [0.1, 0.15) is 57.8 Å². The number of anilines is 2. The van der Waals surface area contributed by atoms with Gasteiger partial charge in [-0.1, -0.05) is 33.6 Å². The van der Waals surface area contributed by atoms with E-state index in [-0.39, 0.29) is 0 Å². The zero-order valence-electron chi connectivity index (χ0n) is 13.8. The number of unbranched alkanes of at least 4 members (excludes halogenated alkanes) is 2. The van der Waals surface area contributed by atoms with Gasteiger partial charge < -0.3 is 10.2 Å². The molecule has 0 radical (unpaired) electrons. The highest BCUT2D eigenvalue weighted by Crippen LogP contribution is 2.23. The van der Waals surface area contributed by atoms with E-state index >= 15 is 0 Å². The maximum atomic E-state index is 4.71. The molecule has 1 aromatic rings. The second-order valence-electron chi connectivity index (χ2n) is 5.35. The normalized spacial score (nSPS) is 10.7. The van der Waals surface area contributed by atoms with E-state index in [0.29, 0.717) is 0 Å². The van der Waals surface area contributed by atoms with Gasteiger partial charge in [0.25, 0.3) is 0 Å². The monoisotopic (exact) mass is 278 g/mol. The van der Waals surface area contributed by atoms with Crippen LogP contribution in [0.5, 0.6) is 0 Å². The largest absolute Gasteiger partial charge is 0.370 e. The van der Waals surface area contributed by atoms with Gasteiger partial charge in [0.05, 0.1) is 0 Å². The predicted octanol–water partition coefficient (Wildman–Crippen LogP) is 3.80. The summed E-state index contributed by atoms with van der Waals surface area (Å²) in [6.45, 7) is 10.6. The Morgan fingerprint density at radius 3 is 2.40 bits per heavy atom. The van der Waals surface area contributed by atoms with Crippen molar-refractivity contribution in [3.8, 4) is 0 Å². The van der Waals surface area contributed by atoms with E-state index < -0.39 is 0 Å². The van der Waals surface area contributed by atoms with E-state index in [1.807, 2.05) is 0 Å². The van der Waals surface area contributed by atoms with E-state index in [1.54, 1.807) is 0 Å². The summed E-state index contributed by atoms with van der Waals surface area (Å²) < 4.78 is 0. The lowest BCUT2D eigenvalue weighted by molar-refractivity contribution is 0.698. The van der Waals surface area contributed by atoms with Gasteiger partial charge in [-0.3, -0.25) is 0 Å². The number of nitrogens with one attached hydrogen (secondary N) is 1. The predicted molar refractivity (Wildman–Crippen MR) is 87.7 cm³/mol. The molecule has 0 aliphatic heterocycles. The van der Waals surface area contributed by atoms with Crippen molar-refractivity contribution in [2.75, 3.05) is 30.4 Å². The summed E-state index contributed by atoms with van der Waals surface area (Å²) in [7, 11) is 2.13. The van der Waals surface area contributed by atoms with Crippen LogP contribution in [0.15, 0.2) is 0 Å². The van der Waals surface area contributed by atoms with Crippen LogP contribution < -0.4 is 10.2 Å². The summed E-state index contributed by atoms with van der Waals surface area (Å²) in [6.07, 6.45) is 5.72. The zero-order chi connectivity index (χ0) is 15.0. The molecule has 0 spiro atoms. The maximum Gasteiger partial charge on any atom is 0.137 e. The number of aromatic nitrogens is 2. The minimum Gasteiger partial charge on any atom is -0.370 e. The minimum atomic E-state index is 0.872. The lowest BCUT2D eigenvalue weighted by Crippen LogP contribution is -2.22. The maximum absolute atomic E-state index is 4.71. The number of hydrogen-bond donors (Lipinski definition) is 1. The van der Waals surface area contributed by atoms with Crippen molar-refractivity contribution >= 4 is 11.6 Å². The smallest absolute Gasteiger partial charge is 0.137 e. The van der Waals surface area contributed by atoms with Crippen molar-refractivity contribution in [3.05, 3.63) is 11.4 Å². The number of rotatable bonds is 9. The van der Waals surface area contributed by atoms with Crippen LogP contribution in [0.4, 0.5) is 11.6 Å². The highest BCUT2D eigenvalue weighted by molar-refractivity contribution is 5.58. The average molecular weight is 278 g/mol. The molecule has 1 heterocycles. The molecule has 4 nitrogen and oxygen atoms in total. The average Bonchev–Trinajstić information content (AvgIpc) is 2.46. The molecule has 0 aromatic carbocycles. The Bertz CT molecular complexity index is 404. The topological polar surface area (TPSA) is 41.1 Å². The number of hydrogen-bond acceptors (Lipinski definition) is 4.